The molecule has 4 spiro atoms. The molecule has 4 aliphatic carbocycles. The number of likely N-dealkylation sites (tertiary alicyclic amines) is 2. The second-order valence-corrected chi connectivity index (χ2v) is 35.6. The first-order chi connectivity index (χ1) is 66.7. The number of aromatic nitrogens is 8. The van der Waals surface area contributed by atoms with Crippen molar-refractivity contribution in [1.29, 1.82) is 21.0 Å². The molecule has 8 heterocycles. The zero-order valence-electron chi connectivity index (χ0n) is 76.8. The Morgan fingerprint density at radius 3 is 0.899 bits per heavy atom. The standard InChI is InChI=1S/2C26H24N4O5.2C25H24N4O5/c2*1-15(2)34-21-7-6-16(12-17(21)14-27)24-28-23(29-35-24)19-4-3-5-20-18(19)8-9-26(20)13-22(32)30(10-11-31)25(26)33;2*1-15(2)33-21-7-6-16(12-17(21)13-26)23-27-22(28-34-23)19-4-3-5-20-18(19)8-9-25(20)14-32-24(31)29(25)10-11-30/h2*3-7,12,15,31H,8-11,13H2,1-2H3;2*3-7,12,15,30H,8-11,14H2,1-2H3/t2*26-;2*25-/m1010/s1. The van der Waals surface area contributed by atoms with Gasteiger partial charge in [-0.1, -0.05) is 93.4 Å². The lowest BCUT2D eigenvalue weighted by Crippen LogP contribution is -2.44. The van der Waals surface area contributed by atoms with E-state index in [4.69, 9.17) is 46.5 Å². The van der Waals surface area contributed by atoms with Gasteiger partial charge in [-0.15, -0.1) is 0 Å². The van der Waals surface area contributed by atoms with Gasteiger partial charge in [0.1, 0.15) is 71.6 Å². The number of amides is 6. The first-order valence-electron chi connectivity index (χ1n) is 45.4. The Balaban J connectivity index is 0.000000127. The van der Waals surface area contributed by atoms with Crippen LogP contribution in [0.4, 0.5) is 9.59 Å². The lowest BCUT2D eigenvalue weighted by Gasteiger charge is -2.32. The summed E-state index contributed by atoms with van der Waals surface area (Å²) < 4.78 is 55.6. The van der Waals surface area contributed by atoms with Crippen molar-refractivity contribution in [1.82, 2.24) is 60.2 Å². The molecule has 4 fully saturated rings. The number of benzene rings is 8. The number of carbonyl (C=O) groups excluding carboxylic acids is 6. The van der Waals surface area contributed by atoms with E-state index in [1.807, 2.05) is 128 Å². The highest BCUT2D eigenvalue weighted by Gasteiger charge is 2.59. The molecule has 0 saturated carbocycles. The number of aliphatic hydroxyl groups is 4. The van der Waals surface area contributed by atoms with Gasteiger partial charge in [0.05, 0.1) is 97.0 Å². The molecule has 36 heteroatoms. The summed E-state index contributed by atoms with van der Waals surface area (Å²) in [7, 11) is 0. The van der Waals surface area contributed by atoms with Gasteiger partial charge in [-0.05, 0) is 224 Å². The average Bonchev–Trinajstić information content (AvgIpc) is 1.59. The van der Waals surface area contributed by atoms with E-state index in [0.29, 0.717) is 154 Å². The van der Waals surface area contributed by atoms with E-state index >= 15 is 0 Å². The summed E-state index contributed by atoms with van der Waals surface area (Å²) in [5, 5.41) is 92.3. The van der Waals surface area contributed by atoms with Gasteiger partial charge in [0.2, 0.25) is 46.9 Å². The van der Waals surface area contributed by atoms with Crippen LogP contribution in [0, 0.1) is 45.3 Å². The summed E-state index contributed by atoms with van der Waals surface area (Å²) >= 11 is 0. The van der Waals surface area contributed by atoms with Crippen LogP contribution in [-0.2, 0) is 76.2 Å². The van der Waals surface area contributed by atoms with E-state index in [1.54, 1.807) is 82.6 Å². The van der Waals surface area contributed by atoms with Crippen LogP contribution in [-0.4, -0.2) is 207 Å². The number of carbonyl (C=O) groups is 6. The number of nitrogens with zero attached hydrogens (tertiary/aromatic N) is 16. The lowest BCUT2D eigenvalue weighted by atomic mass is 9.80. The SMILES string of the molecule is CC(C)Oc1ccc(-c2nc(-c3cccc4c3CC[C@@]43CC(=O)N(CCO)C3=O)no2)cc1C#N.CC(C)Oc1ccc(-c2nc(-c3cccc4c3CC[C@@]43COC(=O)N3CCO)no2)cc1C#N.CC(C)Oc1ccc(-c2nc(-c3cccc4c3CC[C@]43CC(=O)N(CCO)C3=O)no2)cc1C#N.CC(C)Oc1ccc(-c2nc(-c3cccc4c3CC[C@]43COC(=O)N3CCO)no2)cc1C#N. The van der Waals surface area contributed by atoms with Crippen molar-refractivity contribution >= 4 is 35.8 Å². The third-order valence-corrected chi connectivity index (χ3v) is 25.9. The summed E-state index contributed by atoms with van der Waals surface area (Å²) in [6.07, 6.45) is 4.19. The smallest absolute Gasteiger partial charge is 0.410 e. The predicted octanol–water partition coefficient (Wildman–Crippen LogP) is 13.3. The summed E-state index contributed by atoms with van der Waals surface area (Å²) in [5.74, 6) is 3.70. The molecule has 0 radical (unpaired) electrons. The van der Waals surface area contributed by atoms with Gasteiger partial charge in [0.15, 0.2) is 0 Å². The number of cyclic esters (lactones) is 2. The first-order valence-corrected chi connectivity index (χ1v) is 45.4. The minimum absolute atomic E-state index is 0.00826. The molecule has 4 aliphatic heterocycles. The third kappa shape index (κ3) is 17.3. The maximum absolute atomic E-state index is 13.2. The molecule has 12 aromatic rings. The van der Waals surface area contributed by atoms with Gasteiger partial charge in [-0.3, -0.25) is 38.8 Å². The molecule has 0 unspecified atom stereocenters. The Labute approximate surface area is 791 Å². The Morgan fingerprint density at radius 1 is 0.362 bits per heavy atom. The second-order valence-electron chi connectivity index (χ2n) is 35.6. The molecule has 8 aromatic carbocycles. The van der Waals surface area contributed by atoms with Gasteiger partial charge in [-0.2, -0.15) is 41.0 Å². The normalized spacial score (nSPS) is 19.0. The Bertz CT molecular complexity index is 6560. The first kappa shape index (κ1) is 93.9. The van der Waals surface area contributed by atoms with Crippen molar-refractivity contribution in [3.8, 4) is 139 Å². The Kier molecular flexibility index (Phi) is 26.4. The van der Waals surface area contributed by atoms with Crippen LogP contribution in [0.5, 0.6) is 23.0 Å². The van der Waals surface area contributed by atoms with Crippen LogP contribution in [0.1, 0.15) is 161 Å². The maximum Gasteiger partial charge on any atom is 0.410 e. The van der Waals surface area contributed by atoms with Crippen LogP contribution in [0.15, 0.2) is 164 Å². The fourth-order valence-corrected chi connectivity index (χ4v) is 19.9. The van der Waals surface area contributed by atoms with E-state index in [-0.39, 0.29) is 138 Å². The Hall–Kier alpha value is -15.9. The number of hydrogen-bond donors (Lipinski definition) is 4. The quantitative estimate of drug-likeness (QED) is 0.0408. The van der Waals surface area contributed by atoms with Crippen molar-refractivity contribution in [2.45, 2.75) is 166 Å². The van der Waals surface area contributed by atoms with Crippen LogP contribution in [0.3, 0.4) is 0 Å². The second kappa shape index (κ2) is 38.9. The van der Waals surface area contributed by atoms with Crippen molar-refractivity contribution in [3.05, 3.63) is 212 Å². The molecule has 20 rings (SSSR count). The van der Waals surface area contributed by atoms with Crippen molar-refractivity contribution in [3.63, 3.8) is 0 Å². The minimum Gasteiger partial charge on any atom is -0.490 e. The van der Waals surface area contributed by atoms with Crippen LogP contribution in [0.25, 0.3) is 91.4 Å². The third-order valence-electron chi connectivity index (χ3n) is 25.9. The summed E-state index contributed by atoms with van der Waals surface area (Å²) in [6, 6.07) is 52.0. The molecule has 8 aliphatic rings. The topological polar surface area (TPSA) is 503 Å². The highest BCUT2D eigenvalue weighted by atomic mass is 16.6. The fourth-order valence-electron chi connectivity index (χ4n) is 19.9. The number of nitriles is 4. The summed E-state index contributed by atoms with van der Waals surface area (Å²) in [6.45, 7) is 15.3. The number of rotatable bonds is 24. The molecule has 138 heavy (non-hydrogen) atoms. The molecule has 0 bridgehead atoms. The van der Waals surface area contributed by atoms with E-state index in [2.05, 4.69) is 64.8 Å². The monoisotopic (exact) mass is 1860 g/mol. The summed E-state index contributed by atoms with van der Waals surface area (Å²) in [4.78, 5) is 99.9. The number of β-amino-alcohol motifs (C(OH)–C–C–N with tert-alkyl or cyclic N) is 4. The number of aliphatic hydroxyl groups excluding tert-OH is 4. The highest BCUT2D eigenvalue weighted by Crippen LogP contribution is 2.54. The molecule has 4 N–H and O–H groups in total. The average molecular weight is 1870 g/mol. The lowest BCUT2D eigenvalue weighted by molar-refractivity contribution is -0.142. The molecule has 704 valence electrons. The minimum atomic E-state index is -0.905. The number of hydrogen-bond acceptors (Lipinski definition) is 32. The fraction of sp³-hybridized carbons (Fsp3) is 0.353. The van der Waals surface area contributed by atoms with Crippen molar-refractivity contribution < 1.29 is 95.7 Å². The van der Waals surface area contributed by atoms with Gasteiger partial charge < -0.3 is 66.9 Å². The molecule has 6 amide bonds. The molecule has 4 saturated heterocycles. The molecule has 4 atom stereocenters. The van der Waals surface area contributed by atoms with Crippen LogP contribution < -0.4 is 18.9 Å². The molecule has 36 nitrogen and oxygen atoms in total. The molecular formula is C102H96N16O20. The largest absolute Gasteiger partial charge is 0.490 e. The van der Waals surface area contributed by atoms with E-state index < -0.39 is 34.1 Å². The van der Waals surface area contributed by atoms with Crippen molar-refractivity contribution in [2.75, 3.05) is 65.8 Å². The van der Waals surface area contributed by atoms with E-state index in [0.717, 1.165) is 76.6 Å². The maximum atomic E-state index is 13.2. The van der Waals surface area contributed by atoms with E-state index in [1.165, 1.54) is 0 Å². The number of ether oxygens (including phenoxy) is 6. The predicted molar refractivity (Wildman–Crippen MR) is 490 cm³/mol. The zero-order chi connectivity index (χ0) is 97.2. The van der Waals surface area contributed by atoms with Gasteiger partial charge in [0, 0.05) is 70.4 Å². The highest BCUT2D eigenvalue weighted by molar-refractivity contribution is 6.11. The van der Waals surface area contributed by atoms with Gasteiger partial charge in [0.25, 0.3) is 23.6 Å². The molecule has 4 aromatic heterocycles. The number of imide groups is 2. The van der Waals surface area contributed by atoms with Crippen molar-refractivity contribution in [2.24, 2.45) is 0 Å². The van der Waals surface area contributed by atoms with Crippen LogP contribution >= 0.6 is 0 Å². The van der Waals surface area contributed by atoms with E-state index in [9.17, 15) is 70.2 Å². The van der Waals surface area contributed by atoms with Gasteiger partial charge >= 0.3 is 12.2 Å². The summed E-state index contributed by atoms with van der Waals surface area (Å²) in [5.41, 5.74) is 11.6. The Morgan fingerprint density at radius 2 is 0.630 bits per heavy atom. The molecular weight excluding hydrogens is 1770 g/mol. The van der Waals surface area contributed by atoms with Gasteiger partial charge in [-0.25, -0.2) is 9.59 Å². The number of fused-ring (bicyclic) bond motifs is 8. The zero-order valence-corrected chi connectivity index (χ0v) is 76.8. The van der Waals surface area contributed by atoms with Crippen LogP contribution in [0.2, 0.25) is 0 Å².